The first-order valence-corrected chi connectivity index (χ1v) is 7.37. The Balaban J connectivity index is 2.40. The molecule has 0 fully saturated rings. The van der Waals surface area contributed by atoms with Crippen molar-refractivity contribution in [1.82, 2.24) is 5.43 Å². The SMILES string of the molecule is CC(C)=CCC[C@H](C)C/C=N\NC(=O)c1cc(O)ccc1O. The van der Waals surface area contributed by atoms with E-state index in [1.54, 1.807) is 6.21 Å². The van der Waals surface area contributed by atoms with Crippen LogP contribution in [0.25, 0.3) is 0 Å². The van der Waals surface area contributed by atoms with E-state index < -0.39 is 5.91 Å². The Kier molecular flexibility index (Phi) is 7.16. The first-order valence-electron chi connectivity index (χ1n) is 7.37. The van der Waals surface area contributed by atoms with E-state index in [1.165, 1.54) is 23.8 Å². The fourth-order valence-corrected chi connectivity index (χ4v) is 1.88. The van der Waals surface area contributed by atoms with Crippen LogP contribution in [0.4, 0.5) is 0 Å². The van der Waals surface area contributed by atoms with Crippen LogP contribution in [-0.2, 0) is 0 Å². The van der Waals surface area contributed by atoms with Gasteiger partial charge in [0.15, 0.2) is 0 Å². The van der Waals surface area contributed by atoms with Crippen LogP contribution in [0.15, 0.2) is 34.9 Å². The zero-order chi connectivity index (χ0) is 16.5. The summed E-state index contributed by atoms with van der Waals surface area (Å²) in [6.45, 7) is 6.30. The molecule has 3 N–H and O–H groups in total. The molecular weight excluding hydrogens is 280 g/mol. The lowest BCUT2D eigenvalue weighted by Crippen LogP contribution is -2.17. The molecule has 1 aromatic carbocycles. The summed E-state index contributed by atoms with van der Waals surface area (Å²) in [6, 6.07) is 3.77. The first kappa shape index (κ1) is 17.8. The third kappa shape index (κ3) is 6.43. The fraction of sp³-hybridized carbons (Fsp3) is 0.412. The molecule has 22 heavy (non-hydrogen) atoms. The predicted octanol–water partition coefficient (Wildman–Crippen LogP) is 3.59. The van der Waals surface area contributed by atoms with Crippen LogP contribution in [0.3, 0.4) is 0 Å². The average Bonchev–Trinajstić information content (AvgIpc) is 2.45. The van der Waals surface area contributed by atoms with Gasteiger partial charge in [-0.25, -0.2) is 5.43 Å². The van der Waals surface area contributed by atoms with Crippen molar-refractivity contribution in [3.05, 3.63) is 35.4 Å². The van der Waals surface area contributed by atoms with Crippen LogP contribution in [-0.4, -0.2) is 22.3 Å². The van der Waals surface area contributed by atoms with E-state index in [4.69, 9.17) is 0 Å². The number of allylic oxidation sites excluding steroid dienone is 2. The quantitative estimate of drug-likeness (QED) is 0.311. The van der Waals surface area contributed by atoms with E-state index in [-0.39, 0.29) is 17.1 Å². The number of carbonyl (C=O) groups excluding carboxylic acids is 1. The van der Waals surface area contributed by atoms with E-state index in [1.807, 2.05) is 0 Å². The van der Waals surface area contributed by atoms with Gasteiger partial charge in [0.05, 0.1) is 5.56 Å². The molecule has 0 aliphatic rings. The third-order valence-corrected chi connectivity index (χ3v) is 3.20. The molecular formula is C17H24N2O3. The lowest BCUT2D eigenvalue weighted by molar-refractivity contribution is 0.0952. The number of nitrogens with zero attached hydrogens (tertiary/aromatic N) is 1. The summed E-state index contributed by atoms with van der Waals surface area (Å²) in [5, 5.41) is 22.7. The van der Waals surface area contributed by atoms with Crippen molar-refractivity contribution >= 4 is 12.1 Å². The molecule has 0 unspecified atom stereocenters. The summed E-state index contributed by atoms with van der Waals surface area (Å²) in [4.78, 5) is 11.8. The van der Waals surface area contributed by atoms with Gasteiger partial charge in [-0.05, 0) is 57.2 Å². The maximum Gasteiger partial charge on any atom is 0.275 e. The number of hydrogen-bond donors (Lipinski definition) is 3. The number of hydrazone groups is 1. The largest absolute Gasteiger partial charge is 0.508 e. The lowest BCUT2D eigenvalue weighted by atomic mass is 10.0. The van der Waals surface area contributed by atoms with Crippen molar-refractivity contribution in [2.75, 3.05) is 0 Å². The van der Waals surface area contributed by atoms with E-state index in [2.05, 4.69) is 37.4 Å². The number of rotatable bonds is 7. The predicted molar refractivity (Wildman–Crippen MR) is 88.2 cm³/mol. The second kappa shape index (κ2) is 8.87. The van der Waals surface area contributed by atoms with Gasteiger partial charge in [0, 0.05) is 6.21 Å². The van der Waals surface area contributed by atoms with Gasteiger partial charge in [0.2, 0.25) is 0 Å². The molecule has 120 valence electrons. The van der Waals surface area contributed by atoms with Gasteiger partial charge in [-0.1, -0.05) is 18.6 Å². The molecule has 5 nitrogen and oxygen atoms in total. The minimum atomic E-state index is -0.554. The molecule has 0 saturated carbocycles. The molecule has 0 radical (unpaired) electrons. The molecule has 0 aliphatic carbocycles. The van der Waals surface area contributed by atoms with Crippen LogP contribution in [0.1, 0.15) is 50.4 Å². The van der Waals surface area contributed by atoms with E-state index in [0.29, 0.717) is 5.92 Å². The molecule has 1 aromatic rings. The normalized spacial score (nSPS) is 12.1. The van der Waals surface area contributed by atoms with Crippen molar-refractivity contribution in [2.45, 2.75) is 40.0 Å². The van der Waals surface area contributed by atoms with Gasteiger partial charge in [-0.15, -0.1) is 0 Å². The van der Waals surface area contributed by atoms with Crippen molar-refractivity contribution < 1.29 is 15.0 Å². The second-order valence-corrected chi connectivity index (χ2v) is 5.65. The van der Waals surface area contributed by atoms with E-state index >= 15 is 0 Å². The Hall–Kier alpha value is -2.30. The second-order valence-electron chi connectivity index (χ2n) is 5.65. The number of phenolic OH excluding ortho intramolecular Hbond substituents is 2. The average molecular weight is 304 g/mol. The fourth-order valence-electron chi connectivity index (χ4n) is 1.88. The zero-order valence-electron chi connectivity index (χ0n) is 13.3. The maximum absolute atomic E-state index is 11.8. The summed E-state index contributed by atoms with van der Waals surface area (Å²) in [7, 11) is 0. The van der Waals surface area contributed by atoms with Gasteiger partial charge >= 0.3 is 0 Å². The highest BCUT2D eigenvalue weighted by atomic mass is 16.3. The highest BCUT2D eigenvalue weighted by molar-refractivity contribution is 5.97. The molecule has 0 aromatic heterocycles. The third-order valence-electron chi connectivity index (χ3n) is 3.20. The molecule has 0 heterocycles. The van der Waals surface area contributed by atoms with Gasteiger partial charge in [-0.3, -0.25) is 4.79 Å². The van der Waals surface area contributed by atoms with Gasteiger partial charge < -0.3 is 10.2 Å². The molecule has 0 saturated heterocycles. The van der Waals surface area contributed by atoms with Gasteiger partial charge in [0.25, 0.3) is 5.91 Å². The highest BCUT2D eigenvalue weighted by Gasteiger charge is 2.10. The van der Waals surface area contributed by atoms with Crippen molar-refractivity contribution in [2.24, 2.45) is 11.0 Å². The van der Waals surface area contributed by atoms with E-state index in [0.717, 1.165) is 19.3 Å². The highest BCUT2D eigenvalue weighted by Crippen LogP contribution is 2.21. The molecule has 1 rings (SSSR count). The minimum absolute atomic E-state index is 0.00578. The molecule has 5 heteroatoms. The minimum Gasteiger partial charge on any atom is -0.508 e. The smallest absolute Gasteiger partial charge is 0.275 e. The Morgan fingerprint density at radius 1 is 1.36 bits per heavy atom. The molecule has 1 amide bonds. The Morgan fingerprint density at radius 2 is 2.09 bits per heavy atom. The van der Waals surface area contributed by atoms with Crippen LogP contribution in [0.5, 0.6) is 11.5 Å². The van der Waals surface area contributed by atoms with Crippen molar-refractivity contribution in [1.29, 1.82) is 0 Å². The molecule has 1 atom stereocenters. The van der Waals surface area contributed by atoms with Crippen LogP contribution >= 0.6 is 0 Å². The number of amides is 1. The molecule has 0 aliphatic heterocycles. The lowest BCUT2D eigenvalue weighted by Gasteiger charge is -2.06. The first-order chi connectivity index (χ1) is 10.4. The van der Waals surface area contributed by atoms with Crippen molar-refractivity contribution in [3.63, 3.8) is 0 Å². The number of benzene rings is 1. The monoisotopic (exact) mass is 304 g/mol. The molecule has 0 bridgehead atoms. The number of carbonyl (C=O) groups is 1. The van der Waals surface area contributed by atoms with Gasteiger partial charge in [-0.2, -0.15) is 5.10 Å². The Morgan fingerprint density at radius 3 is 2.77 bits per heavy atom. The number of aromatic hydroxyl groups is 2. The van der Waals surface area contributed by atoms with Crippen LogP contribution < -0.4 is 5.43 Å². The van der Waals surface area contributed by atoms with E-state index in [9.17, 15) is 15.0 Å². The maximum atomic E-state index is 11.8. The van der Waals surface area contributed by atoms with Crippen LogP contribution in [0.2, 0.25) is 0 Å². The summed E-state index contributed by atoms with van der Waals surface area (Å²) in [5.41, 5.74) is 3.66. The Bertz CT molecular complexity index is 561. The zero-order valence-corrected chi connectivity index (χ0v) is 13.3. The number of hydrogen-bond acceptors (Lipinski definition) is 4. The van der Waals surface area contributed by atoms with Crippen LogP contribution in [0, 0.1) is 5.92 Å². The summed E-state index contributed by atoms with van der Waals surface area (Å²) in [6.07, 6.45) is 6.74. The number of nitrogens with one attached hydrogen (secondary N) is 1. The molecule has 0 spiro atoms. The van der Waals surface area contributed by atoms with Crippen molar-refractivity contribution in [3.8, 4) is 11.5 Å². The summed E-state index contributed by atoms with van der Waals surface area (Å²) in [5.74, 6) is -0.354. The standard InChI is InChI=1S/C17H24N2O3/c1-12(2)5-4-6-13(3)9-10-18-19-17(22)15-11-14(20)7-8-16(15)21/h5,7-8,10-11,13,20-21H,4,6,9H2,1-3H3,(H,19,22)/b18-10-/t13-/m0/s1. The number of phenols is 2. The topological polar surface area (TPSA) is 81.9 Å². The summed E-state index contributed by atoms with van der Waals surface area (Å²) < 4.78 is 0. The Labute approximate surface area is 131 Å². The van der Waals surface area contributed by atoms with Gasteiger partial charge in [0.1, 0.15) is 11.5 Å². The summed E-state index contributed by atoms with van der Waals surface area (Å²) >= 11 is 0.